The first-order chi connectivity index (χ1) is 10.0. The number of benzene rings is 1. The number of rotatable bonds is 4. The van der Waals surface area contributed by atoms with Gasteiger partial charge in [0.15, 0.2) is 0 Å². The van der Waals surface area contributed by atoms with Crippen LogP contribution in [-0.2, 0) is 4.79 Å². The van der Waals surface area contributed by atoms with Crippen molar-refractivity contribution in [3.05, 3.63) is 28.8 Å². The van der Waals surface area contributed by atoms with Gasteiger partial charge in [-0.3, -0.25) is 4.79 Å². The van der Waals surface area contributed by atoms with E-state index < -0.39 is 0 Å². The Kier molecular flexibility index (Phi) is 5.48. The van der Waals surface area contributed by atoms with Crippen LogP contribution in [0.3, 0.4) is 0 Å². The first kappa shape index (κ1) is 16.1. The number of halogens is 1. The average Bonchev–Trinajstić information content (AvgIpc) is 2.61. The van der Waals surface area contributed by atoms with Crippen molar-refractivity contribution in [2.75, 3.05) is 38.1 Å². The number of carbonyl (C=O) groups is 1. The number of likely N-dealkylation sites (N-methyl/N-ethyl adjacent to an activating group) is 1. The van der Waals surface area contributed by atoms with Crippen LogP contribution in [0, 0.1) is 0 Å². The second kappa shape index (κ2) is 7.14. The molecule has 0 bridgehead atoms. The number of amides is 1. The normalized spacial score (nSPS) is 17.8. The summed E-state index contributed by atoms with van der Waals surface area (Å²) < 4.78 is 0. The summed E-state index contributed by atoms with van der Waals surface area (Å²) >= 11 is 6.45. The minimum Gasteiger partial charge on any atom is -0.361 e. The fourth-order valence-corrected chi connectivity index (χ4v) is 2.97. The van der Waals surface area contributed by atoms with Crippen LogP contribution in [0.1, 0.15) is 31.9 Å². The standard InChI is InChI=1S/C16H24ClN3O/c1-4-18-12(2)13-6-7-15(14(17)10-13)20-9-5-8-19(3)16(21)11-20/h6-7,10,12,18H,4-5,8-9,11H2,1-3H3. The van der Waals surface area contributed by atoms with Gasteiger partial charge in [0.05, 0.1) is 17.3 Å². The van der Waals surface area contributed by atoms with Crippen molar-refractivity contribution < 1.29 is 4.79 Å². The van der Waals surface area contributed by atoms with E-state index in [4.69, 9.17) is 11.6 Å². The van der Waals surface area contributed by atoms with Gasteiger partial charge in [0.1, 0.15) is 0 Å². The molecule has 0 aliphatic carbocycles. The number of hydrogen-bond acceptors (Lipinski definition) is 3. The van der Waals surface area contributed by atoms with Crippen LogP contribution in [0.15, 0.2) is 18.2 Å². The van der Waals surface area contributed by atoms with Crippen molar-refractivity contribution in [1.82, 2.24) is 10.2 Å². The highest BCUT2D eigenvalue weighted by molar-refractivity contribution is 6.33. The third-order valence-corrected chi connectivity index (χ3v) is 4.30. The van der Waals surface area contributed by atoms with E-state index in [-0.39, 0.29) is 11.9 Å². The molecule has 0 spiro atoms. The molecule has 21 heavy (non-hydrogen) atoms. The summed E-state index contributed by atoms with van der Waals surface area (Å²) in [6, 6.07) is 6.40. The topological polar surface area (TPSA) is 35.6 Å². The molecule has 1 amide bonds. The second-order valence-corrected chi connectivity index (χ2v) is 5.99. The summed E-state index contributed by atoms with van der Waals surface area (Å²) in [5, 5.41) is 4.10. The number of anilines is 1. The molecule has 1 heterocycles. The van der Waals surface area contributed by atoms with E-state index in [1.807, 2.05) is 19.2 Å². The molecular formula is C16H24ClN3O. The molecule has 1 aliphatic rings. The molecule has 1 aromatic rings. The summed E-state index contributed by atoms with van der Waals surface area (Å²) in [5.74, 6) is 0.147. The highest BCUT2D eigenvalue weighted by Crippen LogP contribution is 2.29. The van der Waals surface area contributed by atoms with E-state index >= 15 is 0 Å². The van der Waals surface area contributed by atoms with Gasteiger partial charge in [-0.25, -0.2) is 0 Å². The number of nitrogens with one attached hydrogen (secondary N) is 1. The monoisotopic (exact) mass is 309 g/mol. The Morgan fingerprint density at radius 3 is 2.81 bits per heavy atom. The highest BCUT2D eigenvalue weighted by atomic mass is 35.5. The Labute approximate surface area is 132 Å². The molecule has 116 valence electrons. The summed E-state index contributed by atoms with van der Waals surface area (Å²) in [7, 11) is 1.86. The van der Waals surface area contributed by atoms with E-state index in [0.717, 1.165) is 36.8 Å². The van der Waals surface area contributed by atoms with Gasteiger partial charge in [-0.2, -0.15) is 0 Å². The van der Waals surface area contributed by atoms with Gasteiger partial charge in [0.25, 0.3) is 0 Å². The van der Waals surface area contributed by atoms with Gasteiger partial charge in [-0.05, 0) is 37.6 Å². The average molecular weight is 310 g/mol. The number of carbonyl (C=O) groups excluding carboxylic acids is 1. The fourth-order valence-electron chi connectivity index (χ4n) is 2.67. The number of nitrogens with zero attached hydrogens (tertiary/aromatic N) is 2. The second-order valence-electron chi connectivity index (χ2n) is 5.58. The van der Waals surface area contributed by atoms with Crippen molar-refractivity contribution in [2.45, 2.75) is 26.3 Å². The van der Waals surface area contributed by atoms with E-state index in [1.165, 1.54) is 5.56 Å². The van der Waals surface area contributed by atoms with Crippen molar-refractivity contribution >= 4 is 23.2 Å². The predicted octanol–water partition coefficient (Wildman–Crippen LogP) is 2.68. The molecule has 0 saturated carbocycles. The highest BCUT2D eigenvalue weighted by Gasteiger charge is 2.21. The molecule has 1 N–H and O–H groups in total. The summed E-state index contributed by atoms with van der Waals surface area (Å²) in [6.45, 7) is 7.21. The molecule has 1 aromatic carbocycles. The molecule has 1 fully saturated rings. The lowest BCUT2D eigenvalue weighted by Crippen LogP contribution is -2.34. The lowest BCUT2D eigenvalue weighted by molar-refractivity contribution is -0.127. The van der Waals surface area contributed by atoms with E-state index in [1.54, 1.807) is 4.90 Å². The SMILES string of the molecule is CCNC(C)c1ccc(N2CCCN(C)C(=O)C2)c(Cl)c1. The third-order valence-electron chi connectivity index (χ3n) is 4.00. The molecule has 5 heteroatoms. The van der Waals surface area contributed by atoms with Crippen molar-refractivity contribution in [1.29, 1.82) is 0 Å². The molecule has 4 nitrogen and oxygen atoms in total. The molecule has 2 rings (SSSR count). The quantitative estimate of drug-likeness (QED) is 0.929. The smallest absolute Gasteiger partial charge is 0.241 e. The predicted molar refractivity (Wildman–Crippen MR) is 88.0 cm³/mol. The molecular weight excluding hydrogens is 286 g/mol. The fraction of sp³-hybridized carbons (Fsp3) is 0.562. The summed E-state index contributed by atoms with van der Waals surface area (Å²) in [5.41, 5.74) is 2.12. The van der Waals surface area contributed by atoms with Crippen LogP contribution in [0.5, 0.6) is 0 Å². The lowest BCUT2D eigenvalue weighted by Gasteiger charge is -2.24. The minimum absolute atomic E-state index is 0.147. The third kappa shape index (κ3) is 3.89. The van der Waals surface area contributed by atoms with Gasteiger partial charge >= 0.3 is 0 Å². The Bertz CT molecular complexity index is 506. The van der Waals surface area contributed by atoms with Crippen LogP contribution >= 0.6 is 11.6 Å². The number of hydrogen-bond donors (Lipinski definition) is 1. The molecule has 1 atom stereocenters. The van der Waals surface area contributed by atoms with E-state index in [9.17, 15) is 4.79 Å². The van der Waals surface area contributed by atoms with Gasteiger partial charge < -0.3 is 15.1 Å². The maximum Gasteiger partial charge on any atom is 0.241 e. The van der Waals surface area contributed by atoms with Crippen LogP contribution in [-0.4, -0.2) is 44.0 Å². The zero-order valence-corrected chi connectivity index (χ0v) is 13.8. The van der Waals surface area contributed by atoms with Gasteiger partial charge in [0, 0.05) is 26.2 Å². The largest absolute Gasteiger partial charge is 0.361 e. The molecule has 1 unspecified atom stereocenters. The first-order valence-electron chi connectivity index (χ1n) is 7.54. The Hall–Kier alpha value is -1.26. The maximum absolute atomic E-state index is 12.0. The summed E-state index contributed by atoms with van der Waals surface area (Å²) in [6.07, 6.45) is 0.966. The van der Waals surface area contributed by atoms with Crippen molar-refractivity contribution in [3.63, 3.8) is 0 Å². The Balaban J connectivity index is 2.18. The lowest BCUT2D eigenvalue weighted by atomic mass is 10.1. The van der Waals surface area contributed by atoms with E-state index in [2.05, 4.69) is 30.1 Å². The van der Waals surface area contributed by atoms with E-state index in [0.29, 0.717) is 6.54 Å². The zero-order valence-electron chi connectivity index (χ0n) is 13.0. The van der Waals surface area contributed by atoms with Crippen LogP contribution < -0.4 is 10.2 Å². The van der Waals surface area contributed by atoms with Crippen molar-refractivity contribution in [3.8, 4) is 0 Å². The minimum atomic E-state index is 0.147. The zero-order chi connectivity index (χ0) is 15.4. The first-order valence-corrected chi connectivity index (χ1v) is 7.92. The summed E-state index contributed by atoms with van der Waals surface area (Å²) in [4.78, 5) is 15.9. The molecule has 0 radical (unpaired) electrons. The maximum atomic E-state index is 12.0. The Morgan fingerprint density at radius 1 is 1.38 bits per heavy atom. The van der Waals surface area contributed by atoms with Gasteiger partial charge in [-0.1, -0.05) is 24.6 Å². The molecule has 0 aromatic heterocycles. The van der Waals surface area contributed by atoms with Crippen LogP contribution in [0.25, 0.3) is 0 Å². The Morgan fingerprint density at radius 2 is 2.14 bits per heavy atom. The van der Waals surface area contributed by atoms with Gasteiger partial charge in [0.2, 0.25) is 5.91 Å². The van der Waals surface area contributed by atoms with Crippen LogP contribution in [0.2, 0.25) is 5.02 Å². The van der Waals surface area contributed by atoms with Crippen molar-refractivity contribution in [2.24, 2.45) is 0 Å². The molecule has 1 saturated heterocycles. The van der Waals surface area contributed by atoms with Crippen LogP contribution in [0.4, 0.5) is 5.69 Å². The van der Waals surface area contributed by atoms with Gasteiger partial charge in [-0.15, -0.1) is 0 Å². The molecule has 1 aliphatic heterocycles.